The Morgan fingerprint density at radius 3 is 2.20 bits per heavy atom. The molecule has 1 aliphatic carbocycles. The van der Waals surface area contributed by atoms with Gasteiger partial charge in [-0.05, 0) is 50.0 Å². The zero-order valence-corrected chi connectivity index (χ0v) is 9.45. The third-order valence-corrected chi connectivity index (χ3v) is 3.65. The van der Waals surface area contributed by atoms with Gasteiger partial charge in [-0.15, -0.1) is 0 Å². The first kappa shape index (κ1) is 10.7. The Morgan fingerprint density at radius 2 is 1.67 bits per heavy atom. The van der Waals surface area contributed by atoms with Gasteiger partial charge in [-0.3, -0.25) is 0 Å². The highest BCUT2D eigenvalue weighted by Crippen LogP contribution is 2.35. The normalized spacial score (nSPS) is 26.5. The Labute approximate surface area is 92.1 Å². The fraction of sp³-hybridized carbons (Fsp3) is 0.571. The van der Waals surface area contributed by atoms with Crippen LogP contribution in [0.1, 0.15) is 42.7 Å². The molecule has 0 unspecified atom stereocenters. The summed E-state index contributed by atoms with van der Waals surface area (Å²) in [6.45, 7) is 2.51. The van der Waals surface area contributed by atoms with Crippen LogP contribution in [0.4, 0.5) is 0 Å². The number of aliphatic hydroxyl groups excluding tert-OH is 1. The molecule has 1 aliphatic rings. The average molecular weight is 204 g/mol. The van der Waals surface area contributed by atoms with Gasteiger partial charge in [0.25, 0.3) is 0 Å². The second-order valence-electron chi connectivity index (χ2n) is 4.81. The Kier molecular flexibility index (Phi) is 3.42. The first-order valence-electron chi connectivity index (χ1n) is 5.97. The molecular weight excluding hydrogens is 184 g/mol. The van der Waals surface area contributed by atoms with Gasteiger partial charge in [0.15, 0.2) is 0 Å². The number of rotatable bonds is 2. The molecule has 0 amide bonds. The zero-order valence-electron chi connectivity index (χ0n) is 9.45. The molecule has 0 radical (unpaired) electrons. The Hall–Kier alpha value is -0.820. The maximum Gasteiger partial charge on any atom is 0.0459 e. The van der Waals surface area contributed by atoms with Crippen molar-refractivity contribution in [3.8, 4) is 0 Å². The fourth-order valence-corrected chi connectivity index (χ4v) is 2.52. The van der Waals surface area contributed by atoms with Crippen LogP contribution in [0.5, 0.6) is 0 Å². The van der Waals surface area contributed by atoms with Crippen molar-refractivity contribution in [2.24, 2.45) is 5.92 Å². The van der Waals surface area contributed by atoms with Crippen molar-refractivity contribution in [1.29, 1.82) is 0 Å². The molecule has 0 saturated heterocycles. The molecule has 1 aromatic rings. The van der Waals surface area contributed by atoms with Gasteiger partial charge >= 0.3 is 0 Å². The van der Waals surface area contributed by atoms with Crippen molar-refractivity contribution < 1.29 is 5.11 Å². The standard InChI is InChI=1S/C14H20O/c1-11-2-6-13(7-3-11)14-8-4-12(10-15)5-9-14/h2-3,6-7,12,14-15H,4-5,8-10H2,1H3. The van der Waals surface area contributed by atoms with Gasteiger partial charge in [-0.1, -0.05) is 29.8 Å². The third kappa shape index (κ3) is 2.60. The van der Waals surface area contributed by atoms with Gasteiger partial charge in [0.2, 0.25) is 0 Å². The second-order valence-corrected chi connectivity index (χ2v) is 4.81. The predicted molar refractivity (Wildman–Crippen MR) is 63.0 cm³/mol. The molecule has 1 saturated carbocycles. The van der Waals surface area contributed by atoms with E-state index in [4.69, 9.17) is 5.11 Å². The molecule has 0 aromatic heterocycles. The van der Waals surface area contributed by atoms with E-state index in [2.05, 4.69) is 31.2 Å². The highest BCUT2D eigenvalue weighted by atomic mass is 16.3. The minimum atomic E-state index is 0.376. The SMILES string of the molecule is Cc1ccc(C2CCC(CO)CC2)cc1. The second kappa shape index (κ2) is 4.80. The van der Waals surface area contributed by atoms with Gasteiger partial charge in [-0.25, -0.2) is 0 Å². The highest BCUT2D eigenvalue weighted by Gasteiger charge is 2.21. The Bertz CT molecular complexity index is 294. The average Bonchev–Trinajstić information content (AvgIpc) is 2.30. The number of hydrogen-bond donors (Lipinski definition) is 1. The van der Waals surface area contributed by atoms with Crippen LogP contribution in [-0.4, -0.2) is 11.7 Å². The maximum atomic E-state index is 9.08. The number of benzene rings is 1. The summed E-state index contributed by atoms with van der Waals surface area (Å²) in [5.41, 5.74) is 2.82. The molecule has 82 valence electrons. The van der Waals surface area contributed by atoms with Crippen molar-refractivity contribution in [2.45, 2.75) is 38.5 Å². The van der Waals surface area contributed by atoms with E-state index in [-0.39, 0.29) is 0 Å². The van der Waals surface area contributed by atoms with Crippen LogP contribution in [0.3, 0.4) is 0 Å². The zero-order chi connectivity index (χ0) is 10.7. The molecule has 1 aromatic carbocycles. The lowest BCUT2D eigenvalue weighted by Gasteiger charge is -2.27. The molecule has 2 rings (SSSR count). The fourth-order valence-electron chi connectivity index (χ4n) is 2.52. The summed E-state index contributed by atoms with van der Waals surface area (Å²) < 4.78 is 0. The minimum absolute atomic E-state index is 0.376. The first-order chi connectivity index (χ1) is 7.29. The van der Waals surface area contributed by atoms with Crippen molar-refractivity contribution in [3.05, 3.63) is 35.4 Å². The van der Waals surface area contributed by atoms with Crippen LogP contribution >= 0.6 is 0 Å². The molecule has 15 heavy (non-hydrogen) atoms. The molecule has 1 heteroatoms. The molecule has 0 aliphatic heterocycles. The predicted octanol–water partition coefficient (Wildman–Crippen LogP) is 3.26. The summed E-state index contributed by atoms with van der Waals surface area (Å²) in [4.78, 5) is 0. The monoisotopic (exact) mass is 204 g/mol. The summed E-state index contributed by atoms with van der Waals surface area (Å²) in [5.74, 6) is 1.29. The molecule has 1 nitrogen and oxygen atoms in total. The van der Waals surface area contributed by atoms with Crippen LogP contribution in [0.2, 0.25) is 0 Å². The lowest BCUT2D eigenvalue weighted by molar-refractivity contribution is 0.182. The quantitative estimate of drug-likeness (QED) is 0.784. The van der Waals surface area contributed by atoms with Crippen LogP contribution in [0, 0.1) is 12.8 Å². The Morgan fingerprint density at radius 1 is 1.07 bits per heavy atom. The smallest absolute Gasteiger partial charge is 0.0459 e. The topological polar surface area (TPSA) is 20.2 Å². The van der Waals surface area contributed by atoms with Gasteiger partial charge in [0.05, 0.1) is 0 Å². The third-order valence-electron chi connectivity index (χ3n) is 3.65. The van der Waals surface area contributed by atoms with E-state index in [1.54, 1.807) is 0 Å². The molecule has 1 N–H and O–H groups in total. The van der Waals surface area contributed by atoms with Crippen LogP contribution in [0.15, 0.2) is 24.3 Å². The summed E-state index contributed by atoms with van der Waals surface area (Å²) >= 11 is 0. The number of hydrogen-bond acceptors (Lipinski definition) is 1. The van der Waals surface area contributed by atoms with Gasteiger partial charge in [-0.2, -0.15) is 0 Å². The maximum absolute atomic E-state index is 9.08. The van der Waals surface area contributed by atoms with E-state index in [1.807, 2.05) is 0 Å². The van der Waals surface area contributed by atoms with E-state index in [0.717, 1.165) is 5.92 Å². The van der Waals surface area contributed by atoms with E-state index in [9.17, 15) is 0 Å². The molecule has 0 heterocycles. The molecule has 0 atom stereocenters. The molecular formula is C14H20O. The van der Waals surface area contributed by atoms with Gasteiger partial charge in [0, 0.05) is 6.61 Å². The summed E-state index contributed by atoms with van der Waals surface area (Å²) in [6, 6.07) is 8.93. The summed E-state index contributed by atoms with van der Waals surface area (Å²) in [7, 11) is 0. The largest absolute Gasteiger partial charge is 0.396 e. The highest BCUT2D eigenvalue weighted by molar-refractivity contribution is 5.24. The van der Waals surface area contributed by atoms with E-state index >= 15 is 0 Å². The minimum Gasteiger partial charge on any atom is -0.396 e. The lowest BCUT2D eigenvalue weighted by atomic mass is 9.79. The van der Waals surface area contributed by atoms with Crippen molar-refractivity contribution in [2.75, 3.05) is 6.61 Å². The molecule has 0 bridgehead atoms. The molecule has 0 spiro atoms. The summed E-state index contributed by atoms with van der Waals surface area (Å²) in [6.07, 6.45) is 4.87. The molecule has 1 fully saturated rings. The summed E-state index contributed by atoms with van der Waals surface area (Å²) in [5, 5.41) is 9.08. The van der Waals surface area contributed by atoms with Gasteiger partial charge < -0.3 is 5.11 Å². The lowest BCUT2D eigenvalue weighted by Crippen LogP contribution is -2.15. The van der Waals surface area contributed by atoms with Gasteiger partial charge in [0.1, 0.15) is 0 Å². The van der Waals surface area contributed by atoms with Crippen LogP contribution in [0.25, 0.3) is 0 Å². The van der Waals surface area contributed by atoms with E-state index in [1.165, 1.54) is 36.8 Å². The van der Waals surface area contributed by atoms with E-state index in [0.29, 0.717) is 12.5 Å². The van der Waals surface area contributed by atoms with Crippen LogP contribution < -0.4 is 0 Å². The number of aryl methyl sites for hydroxylation is 1. The van der Waals surface area contributed by atoms with Crippen molar-refractivity contribution in [1.82, 2.24) is 0 Å². The van der Waals surface area contributed by atoms with Crippen LogP contribution in [-0.2, 0) is 0 Å². The first-order valence-corrected chi connectivity index (χ1v) is 5.97. The number of aliphatic hydroxyl groups is 1. The van der Waals surface area contributed by atoms with Crippen molar-refractivity contribution in [3.63, 3.8) is 0 Å². The Balaban J connectivity index is 1.98. The van der Waals surface area contributed by atoms with Crippen molar-refractivity contribution >= 4 is 0 Å². The van der Waals surface area contributed by atoms with E-state index < -0.39 is 0 Å².